The summed E-state index contributed by atoms with van der Waals surface area (Å²) in [5, 5.41) is 0. The van der Waals surface area contributed by atoms with Gasteiger partial charge in [0.05, 0.1) is 5.60 Å². The van der Waals surface area contributed by atoms with E-state index in [4.69, 9.17) is 4.74 Å². The number of rotatable bonds is 0. The smallest absolute Gasteiger partial charge is 0.0682 e. The van der Waals surface area contributed by atoms with Gasteiger partial charge in [0.15, 0.2) is 0 Å². The molecule has 2 fully saturated rings. The van der Waals surface area contributed by atoms with Gasteiger partial charge >= 0.3 is 0 Å². The van der Waals surface area contributed by atoms with Gasteiger partial charge in [0, 0.05) is 6.61 Å². The van der Waals surface area contributed by atoms with Crippen LogP contribution >= 0.6 is 0 Å². The zero-order valence-electron chi connectivity index (χ0n) is 8.14. The molecule has 1 spiro atoms. The largest absolute Gasteiger partial charge is 0.375 e. The molecule has 0 N–H and O–H groups in total. The fourth-order valence-corrected chi connectivity index (χ4v) is 2.59. The average Bonchev–Trinajstić information content (AvgIpc) is 2.13. The molecule has 2 aliphatic rings. The summed E-state index contributed by atoms with van der Waals surface area (Å²) in [6.45, 7) is 3.39. The third-order valence-corrected chi connectivity index (χ3v) is 3.62. The van der Waals surface area contributed by atoms with Gasteiger partial charge in [-0.05, 0) is 50.9 Å². The molecule has 0 atom stereocenters. The molecule has 1 heterocycles. The van der Waals surface area contributed by atoms with E-state index in [1.54, 1.807) is 0 Å². The van der Waals surface area contributed by atoms with E-state index in [1.165, 1.54) is 44.9 Å². The van der Waals surface area contributed by atoms with Gasteiger partial charge in [-0.3, -0.25) is 0 Å². The molecular weight excluding hydrogens is 148 g/mol. The summed E-state index contributed by atoms with van der Waals surface area (Å²) < 4.78 is 5.95. The van der Waals surface area contributed by atoms with Crippen LogP contribution in [0.3, 0.4) is 0 Å². The summed E-state index contributed by atoms with van der Waals surface area (Å²) in [4.78, 5) is 0. The van der Waals surface area contributed by atoms with Crippen molar-refractivity contribution in [1.29, 1.82) is 0 Å². The zero-order chi connectivity index (χ0) is 8.44. The molecule has 1 nitrogen and oxygen atoms in total. The predicted octanol–water partition coefficient (Wildman–Crippen LogP) is 3.14. The van der Waals surface area contributed by atoms with Gasteiger partial charge in [0.2, 0.25) is 0 Å². The normalized spacial score (nSPS) is 43.2. The minimum atomic E-state index is 0.338. The molecule has 70 valence electrons. The Morgan fingerprint density at radius 3 is 2.42 bits per heavy atom. The van der Waals surface area contributed by atoms with Crippen LogP contribution in [-0.2, 0) is 4.74 Å². The molecule has 0 unspecified atom stereocenters. The molecule has 0 aromatic rings. The van der Waals surface area contributed by atoms with Gasteiger partial charge in [-0.15, -0.1) is 0 Å². The van der Waals surface area contributed by atoms with E-state index in [1.807, 2.05) is 0 Å². The lowest BCUT2D eigenvalue weighted by Gasteiger charge is -2.42. The second kappa shape index (κ2) is 3.37. The van der Waals surface area contributed by atoms with Crippen LogP contribution in [0.15, 0.2) is 0 Å². The van der Waals surface area contributed by atoms with Crippen molar-refractivity contribution in [1.82, 2.24) is 0 Å². The van der Waals surface area contributed by atoms with Crippen molar-refractivity contribution in [2.45, 2.75) is 57.5 Å². The highest BCUT2D eigenvalue weighted by molar-refractivity contribution is 4.88. The van der Waals surface area contributed by atoms with Gasteiger partial charge in [-0.25, -0.2) is 0 Å². The van der Waals surface area contributed by atoms with E-state index in [-0.39, 0.29) is 0 Å². The molecule has 12 heavy (non-hydrogen) atoms. The van der Waals surface area contributed by atoms with Crippen molar-refractivity contribution in [2.24, 2.45) is 5.92 Å². The third-order valence-electron chi connectivity index (χ3n) is 3.62. The quantitative estimate of drug-likeness (QED) is 0.540. The highest BCUT2D eigenvalue weighted by atomic mass is 16.5. The van der Waals surface area contributed by atoms with Crippen molar-refractivity contribution >= 4 is 0 Å². The molecule has 2 rings (SSSR count). The fraction of sp³-hybridized carbons (Fsp3) is 1.00. The maximum atomic E-state index is 5.95. The van der Waals surface area contributed by atoms with E-state index in [2.05, 4.69) is 6.92 Å². The highest BCUT2D eigenvalue weighted by Gasteiger charge is 2.36. The first-order valence-corrected chi connectivity index (χ1v) is 5.45. The Morgan fingerprint density at radius 1 is 1.08 bits per heavy atom. The molecule has 0 bridgehead atoms. The van der Waals surface area contributed by atoms with E-state index < -0.39 is 0 Å². The van der Waals surface area contributed by atoms with E-state index >= 15 is 0 Å². The van der Waals surface area contributed by atoms with E-state index in [9.17, 15) is 0 Å². The van der Waals surface area contributed by atoms with Gasteiger partial charge in [-0.2, -0.15) is 0 Å². The zero-order valence-corrected chi connectivity index (χ0v) is 8.14. The lowest BCUT2D eigenvalue weighted by Crippen LogP contribution is -2.39. The SMILES string of the molecule is C[C@H]1CC[C@]2(CCCCO2)CC1. The average molecular weight is 168 g/mol. The number of hydrogen-bond acceptors (Lipinski definition) is 1. The molecule has 0 radical (unpaired) electrons. The Hall–Kier alpha value is -0.0400. The highest BCUT2D eigenvalue weighted by Crippen LogP contribution is 2.40. The fourth-order valence-electron chi connectivity index (χ4n) is 2.59. The molecule has 0 amide bonds. The van der Waals surface area contributed by atoms with Crippen LogP contribution in [0, 0.1) is 5.92 Å². The monoisotopic (exact) mass is 168 g/mol. The van der Waals surface area contributed by atoms with E-state index in [0.29, 0.717) is 5.60 Å². The number of hydrogen-bond donors (Lipinski definition) is 0. The standard InChI is InChI=1S/C11H20O/c1-10-4-7-11(8-5-10)6-2-3-9-12-11/h10H,2-9H2,1H3/t10-,11+. The lowest BCUT2D eigenvalue weighted by atomic mass is 9.76. The molecule has 1 aliphatic heterocycles. The molecule has 1 saturated heterocycles. The second-order valence-electron chi connectivity index (χ2n) is 4.67. The van der Waals surface area contributed by atoms with Crippen LogP contribution in [0.4, 0.5) is 0 Å². The van der Waals surface area contributed by atoms with Crippen LogP contribution in [0.25, 0.3) is 0 Å². The van der Waals surface area contributed by atoms with Gasteiger partial charge in [-0.1, -0.05) is 6.92 Å². The maximum Gasteiger partial charge on any atom is 0.0682 e. The molecule has 1 heteroatoms. The summed E-state index contributed by atoms with van der Waals surface area (Å²) in [6.07, 6.45) is 9.45. The first-order valence-electron chi connectivity index (χ1n) is 5.45. The second-order valence-corrected chi connectivity index (χ2v) is 4.67. The first kappa shape index (κ1) is 8.55. The minimum Gasteiger partial charge on any atom is -0.375 e. The van der Waals surface area contributed by atoms with Crippen LogP contribution in [0.2, 0.25) is 0 Å². The van der Waals surface area contributed by atoms with Gasteiger partial charge in [0.1, 0.15) is 0 Å². The number of ether oxygens (including phenoxy) is 1. The van der Waals surface area contributed by atoms with Crippen molar-refractivity contribution in [3.05, 3.63) is 0 Å². The Kier molecular flexibility index (Phi) is 2.40. The Morgan fingerprint density at radius 2 is 1.83 bits per heavy atom. The van der Waals surface area contributed by atoms with Crippen LogP contribution in [0.5, 0.6) is 0 Å². The van der Waals surface area contributed by atoms with Crippen molar-refractivity contribution in [2.75, 3.05) is 6.61 Å². The van der Waals surface area contributed by atoms with Crippen LogP contribution in [0.1, 0.15) is 51.9 Å². The summed E-state index contributed by atoms with van der Waals surface area (Å²) >= 11 is 0. The summed E-state index contributed by atoms with van der Waals surface area (Å²) in [5.41, 5.74) is 0.338. The van der Waals surface area contributed by atoms with Gasteiger partial charge < -0.3 is 4.74 Å². The van der Waals surface area contributed by atoms with Crippen LogP contribution in [-0.4, -0.2) is 12.2 Å². The Balaban J connectivity index is 1.92. The molecule has 1 saturated carbocycles. The van der Waals surface area contributed by atoms with Crippen molar-refractivity contribution in [3.8, 4) is 0 Å². The minimum absolute atomic E-state index is 0.338. The predicted molar refractivity (Wildman–Crippen MR) is 50.2 cm³/mol. The molecule has 0 aromatic heterocycles. The summed E-state index contributed by atoms with van der Waals surface area (Å²) in [5.74, 6) is 0.946. The van der Waals surface area contributed by atoms with E-state index in [0.717, 1.165) is 12.5 Å². The Labute approximate surface area is 75.5 Å². The first-order chi connectivity index (χ1) is 5.81. The molecule has 1 aliphatic carbocycles. The van der Waals surface area contributed by atoms with Crippen LogP contribution < -0.4 is 0 Å². The summed E-state index contributed by atoms with van der Waals surface area (Å²) in [6, 6.07) is 0. The van der Waals surface area contributed by atoms with Crippen molar-refractivity contribution in [3.63, 3.8) is 0 Å². The third kappa shape index (κ3) is 1.66. The topological polar surface area (TPSA) is 9.23 Å². The Bertz CT molecular complexity index is 137. The molecular formula is C11H20O. The van der Waals surface area contributed by atoms with Gasteiger partial charge in [0.25, 0.3) is 0 Å². The maximum absolute atomic E-state index is 5.95. The van der Waals surface area contributed by atoms with Crippen molar-refractivity contribution < 1.29 is 4.74 Å². The summed E-state index contributed by atoms with van der Waals surface area (Å²) in [7, 11) is 0. The molecule has 0 aromatic carbocycles. The lowest BCUT2D eigenvalue weighted by molar-refractivity contribution is -0.105.